The Bertz CT molecular complexity index is 397. The fraction of sp³-hybridized carbons (Fsp3) is 0.308. The van der Waals surface area contributed by atoms with E-state index in [1.54, 1.807) is 6.21 Å². The second-order valence-corrected chi connectivity index (χ2v) is 4.20. The molecule has 0 spiro atoms. The van der Waals surface area contributed by atoms with Crippen LogP contribution in [0.5, 0.6) is 0 Å². The van der Waals surface area contributed by atoms with E-state index in [0.717, 1.165) is 12.8 Å². The van der Waals surface area contributed by atoms with Gasteiger partial charge in [-0.2, -0.15) is 0 Å². The Kier molecular flexibility index (Phi) is 3.17. The fourth-order valence-electron chi connectivity index (χ4n) is 1.84. The number of rotatable bonds is 3. The molecule has 1 aromatic carbocycles. The Labute approximate surface area is 95.9 Å². The van der Waals surface area contributed by atoms with Gasteiger partial charge in [0.05, 0.1) is 5.54 Å². The van der Waals surface area contributed by atoms with Gasteiger partial charge >= 0.3 is 0 Å². The Morgan fingerprint density at radius 2 is 2.00 bits per heavy atom. The molecule has 4 N–H and O–H groups in total. The SMILES string of the molecule is NC1N=CC=CC1(N)CCc1ccccc1. The average molecular weight is 215 g/mol. The van der Waals surface area contributed by atoms with Crippen LogP contribution < -0.4 is 11.5 Å². The lowest BCUT2D eigenvalue weighted by atomic mass is 9.88. The molecule has 0 bridgehead atoms. The maximum Gasteiger partial charge on any atom is 0.119 e. The maximum absolute atomic E-state index is 6.22. The van der Waals surface area contributed by atoms with Crippen molar-refractivity contribution in [1.82, 2.24) is 0 Å². The summed E-state index contributed by atoms with van der Waals surface area (Å²) in [6.07, 6.45) is 6.93. The number of aliphatic imine (C=N–C) groups is 1. The highest BCUT2D eigenvalue weighted by molar-refractivity contribution is 5.73. The summed E-state index contributed by atoms with van der Waals surface area (Å²) in [6, 6.07) is 10.3. The van der Waals surface area contributed by atoms with Gasteiger partial charge in [0, 0.05) is 6.21 Å². The van der Waals surface area contributed by atoms with E-state index >= 15 is 0 Å². The van der Waals surface area contributed by atoms with E-state index in [0.29, 0.717) is 0 Å². The van der Waals surface area contributed by atoms with Crippen molar-refractivity contribution in [2.24, 2.45) is 16.5 Å². The molecule has 0 saturated heterocycles. The minimum absolute atomic E-state index is 0.332. The second kappa shape index (κ2) is 4.60. The number of dihydropyridines is 1. The van der Waals surface area contributed by atoms with E-state index in [9.17, 15) is 0 Å². The normalized spacial score (nSPS) is 28.2. The summed E-state index contributed by atoms with van der Waals surface area (Å²) >= 11 is 0. The van der Waals surface area contributed by atoms with Crippen LogP contribution in [0, 0.1) is 0 Å². The van der Waals surface area contributed by atoms with Crippen molar-refractivity contribution in [1.29, 1.82) is 0 Å². The molecule has 0 aromatic heterocycles. The van der Waals surface area contributed by atoms with Gasteiger partial charge < -0.3 is 11.5 Å². The van der Waals surface area contributed by atoms with Crippen LogP contribution >= 0.6 is 0 Å². The molecule has 0 saturated carbocycles. The molecule has 1 heterocycles. The number of nitrogens with two attached hydrogens (primary N) is 2. The Morgan fingerprint density at radius 1 is 1.25 bits per heavy atom. The molecule has 0 radical (unpaired) electrons. The summed E-state index contributed by atoms with van der Waals surface area (Å²) in [5.74, 6) is 0. The highest BCUT2D eigenvalue weighted by Gasteiger charge is 2.30. The first kappa shape index (κ1) is 11.0. The second-order valence-electron chi connectivity index (χ2n) is 4.20. The molecule has 1 aromatic rings. The molecule has 1 aliphatic rings. The smallest absolute Gasteiger partial charge is 0.119 e. The van der Waals surface area contributed by atoms with Gasteiger partial charge in [-0.15, -0.1) is 0 Å². The van der Waals surface area contributed by atoms with Gasteiger partial charge in [0.1, 0.15) is 6.17 Å². The molecule has 0 aliphatic carbocycles. The van der Waals surface area contributed by atoms with Gasteiger partial charge in [-0.05, 0) is 24.5 Å². The van der Waals surface area contributed by atoms with Crippen LogP contribution in [0.1, 0.15) is 12.0 Å². The van der Waals surface area contributed by atoms with Crippen LogP contribution in [0.3, 0.4) is 0 Å². The van der Waals surface area contributed by atoms with Crippen LogP contribution in [0.25, 0.3) is 0 Å². The van der Waals surface area contributed by atoms with Gasteiger partial charge in [-0.25, -0.2) is 0 Å². The third kappa shape index (κ3) is 2.38. The Hall–Kier alpha value is -1.45. The first-order valence-corrected chi connectivity index (χ1v) is 5.50. The highest BCUT2D eigenvalue weighted by Crippen LogP contribution is 2.19. The number of allylic oxidation sites excluding steroid dienone is 1. The fourth-order valence-corrected chi connectivity index (χ4v) is 1.84. The van der Waals surface area contributed by atoms with Crippen molar-refractivity contribution in [3.63, 3.8) is 0 Å². The third-order valence-electron chi connectivity index (χ3n) is 2.98. The molecule has 2 rings (SSSR count). The zero-order valence-corrected chi connectivity index (χ0v) is 9.21. The van der Waals surface area contributed by atoms with E-state index in [2.05, 4.69) is 17.1 Å². The minimum atomic E-state index is -0.509. The zero-order chi connectivity index (χ0) is 11.4. The predicted octanol–water partition coefficient (Wildman–Crippen LogP) is 1.24. The lowest BCUT2D eigenvalue weighted by Crippen LogP contribution is -2.54. The minimum Gasteiger partial charge on any atom is -0.319 e. The van der Waals surface area contributed by atoms with Crippen molar-refractivity contribution < 1.29 is 0 Å². The van der Waals surface area contributed by atoms with Gasteiger partial charge in [0.2, 0.25) is 0 Å². The molecule has 0 fully saturated rings. The maximum atomic E-state index is 6.22. The largest absolute Gasteiger partial charge is 0.319 e. The summed E-state index contributed by atoms with van der Waals surface area (Å²) in [5, 5.41) is 0. The average Bonchev–Trinajstić information content (AvgIpc) is 2.32. The van der Waals surface area contributed by atoms with Crippen molar-refractivity contribution in [3.8, 4) is 0 Å². The lowest BCUT2D eigenvalue weighted by molar-refractivity contribution is 0.400. The molecule has 2 atom stereocenters. The van der Waals surface area contributed by atoms with Crippen molar-refractivity contribution in [3.05, 3.63) is 48.0 Å². The topological polar surface area (TPSA) is 64.4 Å². The van der Waals surface area contributed by atoms with Crippen LogP contribution in [0.4, 0.5) is 0 Å². The standard InChI is InChI=1S/C13H17N3/c14-12-13(15,8-4-10-16-12)9-7-11-5-2-1-3-6-11/h1-6,8,10,12H,7,9,14-15H2. The molecular weight excluding hydrogens is 198 g/mol. The van der Waals surface area contributed by atoms with Crippen molar-refractivity contribution >= 4 is 6.21 Å². The molecule has 2 unspecified atom stereocenters. The molecule has 1 aliphatic heterocycles. The zero-order valence-electron chi connectivity index (χ0n) is 9.21. The van der Waals surface area contributed by atoms with Gasteiger partial charge in [0.15, 0.2) is 0 Å². The number of benzene rings is 1. The molecule has 84 valence electrons. The quantitative estimate of drug-likeness (QED) is 0.796. The Balaban J connectivity index is 2.00. The number of hydrogen-bond donors (Lipinski definition) is 2. The van der Waals surface area contributed by atoms with Crippen LogP contribution in [0.2, 0.25) is 0 Å². The summed E-state index contributed by atoms with van der Waals surface area (Å²) in [4.78, 5) is 4.14. The number of nitrogens with zero attached hydrogens (tertiary/aromatic N) is 1. The predicted molar refractivity (Wildman–Crippen MR) is 67.3 cm³/mol. The first-order valence-electron chi connectivity index (χ1n) is 5.50. The molecule has 0 amide bonds. The van der Waals surface area contributed by atoms with E-state index in [1.807, 2.05) is 30.4 Å². The van der Waals surface area contributed by atoms with E-state index < -0.39 is 5.54 Å². The van der Waals surface area contributed by atoms with E-state index in [1.165, 1.54) is 5.56 Å². The van der Waals surface area contributed by atoms with Crippen molar-refractivity contribution in [2.45, 2.75) is 24.5 Å². The van der Waals surface area contributed by atoms with E-state index in [-0.39, 0.29) is 6.17 Å². The lowest BCUT2D eigenvalue weighted by Gasteiger charge is -2.31. The van der Waals surface area contributed by atoms with Gasteiger partial charge in [-0.3, -0.25) is 4.99 Å². The third-order valence-corrected chi connectivity index (χ3v) is 2.98. The number of aryl methyl sites for hydroxylation is 1. The molecular formula is C13H17N3. The summed E-state index contributed by atoms with van der Waals surface area (Å²) in [6.45, 7) is 0. The summed E-state index contributed by atoms with van der Waals surface area (Å²) < 4.78 is 0. The highest BCUT2D eigenvalue weighted by atomic mass is 15.0. The summed E-state index contributed by atoms with van der Waals surface area (Å²) in [5.41, 5.74) is 12.9. The Morgan fingerprint density at radius 3 is 2.69 bits per heavy atom. The molecule has 3 heteroatoms. The van der Waals surface area contributed by atoms with Crippen molar-refractivity contribution in [2.75, 3.05) is 0 Å². The molecule has 3 nitrogen and oxygen atoms in total. The van der Waals surface area contributed by atoms with Gasteiger partial charge in [0.25, 0.3) is 0 Å². The first-order chi connectivity index (χ1) is 7.71. The van der Waals surface area contributed by atoms with Crippen LogP contribution in [-0.4, -0.2) is 17.9 Å². The van der Waals surface area contributed by atoms with Crippen LogP contribution in [0.15, 0.2) is 47.5 Å². The number of hydrogen-bond acceptors (Lipinski definition) is 3. The monoisotopic (exact) mass is 215 g/mol. The summed E-state index contributed by atoms with van der Waals surface area (Å²) in [7, 11) is 0. The van der Waals surface area contributed by atoms with E-state index in [4.69, 9.17) is 11.5 Å². The van der Waals surface area contributed by atoms with Gasteiger partial charge in [-0.1, -0.05) is 36.4 Å². The van der Waals surface area contributed by atoms with Crippen LogP contribution in [-0.2, 0) is 6.42 Å². The molecule has 16 heavy (non-hydrogen) atoms.